The maximum absolute atomic E-state index is 11.8. The van der Waals surface area contributed by atoms with Gasteiger partial charge in [0.1, 0.15) is 0 Å². The van der Waals surface area contributed by atoms with Crippen LogP contribution in [-0.4, -0.2) is 23.9 Å². The summed E-state index contributed by atoms with van der Waals surface area (Å²) >= 11 is 4.30. The third-order valence-electron chi connectivity index (χ3n) is 1.34. The zero-order valence-electron chi connectivity index (χ0n) is 5.94. The van der Waals surface area contributed by atoms with Crippen LogP contribution < -0.4 is 0 Å². The molecular formula is C5H4ClF7. The fourth-order valence-electron chi connectivity index (χ4n) is 0.574. The van der Waals surface area contributed by atoms with Crippen LogP contribution in [0.5, 0.6) is 0 Å². The van der Waals surface area contributed by atoms with Gasteiger partial charge in [-0.1, -0.05) is 11.6 Å². The Morgan fingerprint density at radius 2 is 1.15 bits per heavy atom. The van der Waals surface area contributed by atoms with Crippen LogP contribution in [0, 0.1) is 0 Å². The van der Waals surface area contributed by atoms with Crippen LogP contribution in [0.1, 0.15) is 6.42 Å². The summed E-state index contributed by atoms with van der Waals surface area (Å²) in [5, 5.41) is 0. The highest BCUT2D eigenvalue weighted by atomic mass is 35.5. The number of halogens is 8. The van der Waals surface area contributed by atoms with Crippen molar-refractivity contribution < 1.29 is 30.7 Å². The lowest BCUT2D eigenvalue weighted by Crippen LogP contribution is -2.52. The third-order valence-corrected chi connectivity index (χ3v) is 1.96. The Bertz CT molecular complexity index is 155. The molecule has 0 atom stereocenters. The van der Waals surface area contributed by atoms with Crippen molar-refractivity contribution in [1.82, 2.24) is 0 Å². The Morgan fingerprint density at radius 3 is 1.23 bits per heavy atom. The van der Waals surface area contributed by atoms with E-state index < -0.39 is 30.3 Å². The molecule has 0 bridgehead atoms. The molecule has 0 unspecified atom stereocenters. The number of hydrogen-bond donors (Lipinski definition) is 0. The van der Waals surface area contributed by atoms with Gasteiger partial charge in [0.25, 0.3) is 0 Å². The van der Waals surface area contributed by atoms with E-state index in [0.717, 1.165) is 0 Å². The van der Waals surface area contributed by atoms with Crippen LogP contribution in [-0.2, 0) is 0 Å². The van der Waals surface area contributed by atoms with Crippen molar-refractivity contribution in [2.75, 3.05) is 6.67 Å². The summed E-state index contributed by atoms with van der Waals surface area (Å²) in [6, 6.07) is 0. The average molecular weight is 233 g/mol. The minimum Gasteiger partial charge on any atom is -0.251 e. The molecule has 0 heterocycles. The molecule has 0 amide bonds. The predicted octanol–water partition coefficient (Wildman–Crippen LogP) is 3.45. The fraction of sp³-hybridized carbons (Fsp3) is 1.00. The number of alkyl halides is 8. The molecule has 0 saturated heterocycles. The fourth-order valence-corrected chi connectivity index (χ4v) is 0.646. The van der Waals surface area contributed by atoms with Crippen LogP contribution in [0.15, 0.2) is 0 Å². The first kappa shape index (κ1) is 12.8. The van der Waals surface area contributed by atoms with E-state index in [9.17, 15) is 30.7 Å². The lowest BCUT2D eigenvalue weighted by atomic mass is 10.0. The highest BCUT2D eigenvalue weighted by Crippen LogP contribution is 2.50. The molecule has 0 N–H and O–H groups in total. The van der Waals surface area contributed by atoms with Crippen molar-refractivity contribution in [3.05, 3.63) is 0 Å². The van der Waals surface area contributed by atoms with Crippen LogP contribution in [0.2, 0.25) is 0 Å². The minimum absolute atomic E-state index is 1.79. The molecule has 80 valence electrons. The van der Waals surface area contributed by atoms with E-state index in [4.69, 9.17) is 0 Å². The third kappa shape index (κ3) is 2.38. The Morgan fingerprint density at radius 1 is 0.846 bits per heavy atom. The van der Waals surface area contributed by atoms with E-state index in [-0.39, 0.29) is 0 Å². The molecule has 0 aromatic rings. The number of hydrogen-bond acceptors (Lipinski definition) is 0. The molecule has 0 saturated carbocycles. The molecule has 0 nitrogen and oxygen atoms in total. The first-order valence-electron chi connectivity index (χ1n) is 2.94. The summed E-state index contributed by atoms with van der Waals surface area (Å²) in [7, 11) is 0. The predicted molar refractivity (Wildman–Crippen MR) is 31.3 cm³/mol. The molecule has 0 aromatic heterocycles. The molecular weight excluding hydrogens is 228 g/mol. The normalized spacial score (nSPS) is 14.8. The van der Waals surface area contributed by atoms with Gasteiger partial charge < -0.3 is 0 Å². The molecule has 0 aliphatic heterocycles. The van der Waals surface area contributed by atoms with Gasteiger partial charge in [0.2, 0.25) is 4.87 Å². The summed E-state index contributed by atoms with van der Waals surface area (Å²) < 4.78 is 82.1. The van der Waals surface area contributed by atoms with Gasteiger partial charge in [0.15, 0.2) is 0 Å². The zero-order valence-corrected chi connectivity index (χ0v) is 6.69. The minimum atomic E-state index is -5.71. The van der Waals surface area contributed by atoms with Gasteiger partial charge in [-0.2, -0.15) is 26.3 Å². The molecule has 0 aromatic carbocycles. The second-order valence-electron chi connectivity index (χ2n) is 2.24. The van der Waals surface area contributed by atoms with Crippen molar-refractivity contribution in [3.8, 4) is 0 Å². The van der Waals surface area contributed by atoms with Gasteiger partial charge in [-0.3, -0.25) is 4.39 Å². The molecule has 0 radical (unpaired) electrons. The van der Waals surface area contributed by atoms with Gasteiger partial charge in [-0.15, -0.1) is 0 Å². The maximum Gasteiger partial charge on any atom is 0.416 e. The summed E-state index contributed by atoms with van der Waals surface area (Å²) in [6.07, 6.45) is -13.3. The molecule has 0 rings (SSSR count). The van der Waals surface area contributed by atoms with Crippen molar-refractivity contribution in [3.63, 3.8) is 0 Å². The van der Waals surface area contributed by atoms with Crippen LogP contribution >= 0.6 is 11.6 Å². The summed E-state index contributed by atoms with van der Waals surface area (Å²) in [4.78, 5) is -4.48. The van der Waals surface area contributed by atoms with Crippen molar-refractivity contribution >= 4 is 11.6 Å². The van der Waals surface area contributed by atoms with Crippen LogP contribution in [0.3, 0.4) is 0 Å². The Kier molecular flexibility index (Phi) is 3.46. The van der Waals surface area contributed by atoms with Crippen molar-refractivity contribution in [2.45, 2.75) is 23.6 Å². The Hall–Kier alpha value is -0.200. The van der Waals surface area contributed by atoms with E-state index >= 15 is 0 Å². The smallest absolute Gasteiger partial charge is 0.251 e. The molecule has 0 fully saturated rings. The van der Waals surface area contributed by atoms with E-state index in [1.165, 1.54) is 0 Å². The standard InChI is InChI=1S/C5H4ClF7/c6-3(1-2-7,4(8,9)10)5(11,12)13/h1-2H2. The summed E-state index contributed by atoms with van der Waals surface area (Å²) in [5.41, 5.74) is 0. The molecule has 8 heteroatoms. The largest absolute Gasteiger partial charge is 0.416 e. The molecule has 0 aliphatic rings. The lowest BCUT2D eigenvalue weighted by Gasteiger charge is -2.30. The zero-order chi connectivity index (χ0) is 10.9. The molecule has 0 spiro atoms. The lowest BCUT2D eigenvalue weighted by molar-refractivity contribution is -0.270. The van der Waals surface area contributed by atoms with Gasteiger partial charge in [0.05, 0.1) is 6.67 Å². The second kappa shape index (κ2) is 3.51. The Balaban J connectivity index is 4.96. The van der Waals surface area contributed by atoms with E-state index in [0.29, 0.717) is 0 Å². The van der Waals surface area contributed by atoms with E-state index in [1.54, 1.807) is 0 Å². The monoisotopic (exact) mass is 232 g/mol. The first-order chi connectivity index (χ1) is 5.56. The highest BCUT2D eigenvalue weighted by Gasteiger charge is 2.69. The Labute approximate surface area is 73.7 Å². The van der Waals surface area contributed by atoms with Crippen molar-refractivity contribution in [2.24, 2.45) is 0 Å². The van der Waals surface area contributed by atoms with Crippen LogP contribution in [0.4, 0.5) is 30.7 Å². The topological polar surface area (TPSA) is 0 Å². The number of rotatable bonds is 2. The highest BCUT2D eigenvalue weighted by molar-refractivity contribution is 6.25. The maximum atomic E-state index is 11.8. The summed E-state index contributed by atoms with van der Waals surface area (Å²) in [5.74, 6) is 0. The first-order valence-corrected chi connectivity index (χ1v) is 3.32. The van der Waals surface area contributed by atoms with Gasteiger partial charge in [-0.25, -0.2) is 0 Å². The molecule has 13 heavy (non-hydrogen) atoms. The van der Waals surface area contributed by atoms with E-state index in [2.05, 4.69) is 11.6 Å². The average Bonchev–Trinajstić information content (AvgIpc) is 1.82. The molecule has 0 aliphatic carbocycles. The van der Waals surface area contributed by atoms with Gasteiger partial charge >= 0.3 is 12.4 Å². The van der Waals surface area contributed by atoms with Gasteiger partial charge in [-0.05, 0) is 0 Å². The van der Waals surface area contributed by atoms with Crippen LogP contribution in [0.25, 0.3) is 0 Å². The van der Waals surface area contributed by atoms with Crippen molar-refractivity contribution in [1.29, 1.82) is 0 Å². The van der Waals surface area contributed by atoms with E-state index in [1.807, 2.05) is 0 Å². The summed E-state index contributed by atoms with van der Waals surface area (Å²) in [6.45, 7) is -1.79. The SMILES string of the molecule is FCCC(Cl)(C(F)(F)F)C(F)(F)F. The van der Waals surface area contributed by atoms with Gasteiger partial charge in [0, 0.05) is 6.42 Å². The second-order valence-corrected chi connectivity index (χ2v) is 2.88. The quantitative estimate of drug-likeness (QED) is 0.505.